The maximum Gasteiger partial charge on any atom is 0.334 e. The second kappa shape index (κ2) is 9.01. The Morgan fingerprint density at radius 2 is 1.45 bits per heavy atom. The number of methoxy groups -OCH3 is 1. The summed E-state index contributed by atoms with van der Waals surface area (Å²) in [7, 11) is -1.06. The summed E-state index contributed by atoms with van der Waals surface area (Å²) in [6.07, 6.45) is 1.67. The third kappa shape index (κ3) is 4.78. The van der Waals surface area contributed by atoms with Crippen LogP contribution < -0.4 is 10.4 Å². The lowest BCUT2D eigenvalue weighted by atomic mass is 9.84. The number of esters is 1. The lowest BCUT2D eigenvalue weighted by Crippen LogP contribution is -2.67. The third-order valence-electron chi connectivity index (χ3n) is 6.14. The van der Waals surface area contributed by atoms with E-state index in [0.717, 1.165) is 0 Å². The van der Waals surface area contributed by atoms with Crippen LogP contribution in [-0.4, -0.2) is 34.1 Å². The van der Waals surface area contributed by atoms with E-state index in [1.54, 1.807) is 7.11 Å². The lowest BCUT2D eigenvalue weighted by Gasteiger charge is -2.46. The monoisotopic (exact) mass is 438 g/mol. The Kier molecular flexibility index (Phi) is 6.77. The summed E-state index contributed by atoms with van der Waals surface area (Å²) in [6.45, 7) is 11.5. The van der Waals surface area contributed by atoms with Crippen molar-refractivity contribution < 1.29 is 18.7 Å². The van der Waals surface area contributed by atoms with Crippen LogP contribution in [0.4, 0.5) is 0 Å². The largest absolute Gasteiger partial charge is 0.501 e. The van der Waals surface area contributed by atoms with Gasteiger partial charge in [-0.15, -0.1) is 0 Å². The van der Waals surface area contributed by atoms with Gasteiger partial charge in [0.2, 0.25) is 0 Å². The second-order valence-corrected chi connectivity index (χ2v) is 14.2. The molecule has 0 saturated heterocycles. The van der Waals surface area contributed by atoms with Gasteiger partial charge in [-0.3, -0.25) is 0 Å². The summed E-state index contributed by atoms with van der Waals surface area (Å²) in [5, 5.41) is 2.37. The van der Waals surface area contributed by atoms with Gasteiger partial charge < -0.3 is 13.9 Å². The number of hydrogen-bond donors (Lipinski definition) is 0. The molecule has 0 amide bonds. The molecular formula is C26H34O4Si. The Morgan fingerprint density at radius 1 is 0.935 bits per heavy atom. The van der Waals surface area contributed by atoms with Gasteiger partial charge in [0, 0.05) is 18.4 Å². The zero-order valence-electron chi connectivity index (χ0n) is 19.5. The normalized spacial score (nSPS) is 17.7. The number of benzene rings is 2. The predicted octanol–water partition coefficient (Wildman–Crippen LogP) is 4.44. The SMILES string of the molecule is COC1=CC(=O)O[C@H](C(C)(C)CO[Si](c2ccccc2)(c2ccccc2)C(C)(C)C)C1. The summed E-state index contributed by atoms with van der Waals surface area (Å²) in [5.41, 5.74) is -0.388. The molecule has 0 N–H and O–H groups in total. The summed E-state index contributed by atoms with van der Waals surface area (Å²) in [4.78, 5) is 12.1. The molecule has 166 valence electrons. The maximum absolute atomic E-state index is 12.1. The fraction of sp³-hybridized carbons (Fsp3) is 0.423. The number of cyclic esters (lactones) is 1. The first-order chi connectivity index (χ1) is 14.6. The molecule has 0 aromatic heterocycles. The Morgan fingerprint density at radius 3 is 1.90 bits per heavy atom. The van der Waals surface area contributed by atoms with E-state index in [4.69, 9.17) is 13.9 Å². The van der Waals surface area contributed by atoms with Crippen LogP contribution in [0.15, 0.2) is 72.5 Å². The first kappa shape index (κ1) is 23.3. The second-order valence-electron chi connectivity index (χ2n) is 9.88. The van der Waals surface area contributed by atoms with Crippen molar-refractivity contribution in [2.24, 2.45) is 5.41 Å². The summed E-state index contributed by atoms with van der Waals surface area (Å²) in [5.74, 6) is 0.298. The third-order valence-corrected chi connectivity index (χ3v) is 11.1. The van der Waals surface area contributed by atoms with Crippen LogP contribution in [0.2, 0.25) is 5.04 Å². The van der Waals surface area contributed by atoms with Crippen LogP contribution in [-0.2, 0) is 18.7 Å². The molecule has 2 aromatic rings. The van der Waals surface area contributed by atoms with Crippen molar-refractivity contribution in [3.05, 3.63) is 72.5 Å². The van der Waals surface area contributed by atoms with E-state index in [9.17, 15) is 4.79 Å². The van der Waals surface area contributed by atoms with Gasteiger partial charge in [-0.2, -0.15) is 0 Å². The minimum atomic E-state index is -2.65. The lowest BCUT2D eigenvalue weighted by molar-refractivity contribution is -0.153. The maximum atomic E-state index is 12.1. The quantitative estimate of drug-likeness (QED) is 0.474. The molecule has 0 spiro atoms. The molecule has 0 bridgehead atoms. The van der Waals surface area contributed by atoms with Gasteiger partial charge >= 0.3 is 5.97 Å². The highest BCUT2D eigenvalue weighted by Gasteiger charge is 2.51. The first-order valence-corrected chi connectivity index (χ1v) is 12.7. The number of rotatable bonds is 7. The molecule has 0 aliphatic carbocycles. The van der Waals surface area contributed by atoms with Crippen molar-refractivity contribution in [2.45, 2.75) is 52.2 Å². The zero-order valence-corrected chi connectivity index (χ0v) is 20.5. The van der Waals surface area contributed by atoms with E-state index in [1.807, 2.05) is 12.1 Å². The highest BCUT2D eigenvalue weighted by atomic mass is 28.4. The minimum Gasteiger partial charge on any atom is -0.501 e. The standard InChI is InChI=1S/C26H34O4Si/c1-25(2,3)31(21-13-9-7-10-14-21,22-15-11-8-12-16-22)29-19-26(4,5)23-17-20(28-6)18-24(27)30-23/h7-16,18,23H,17,19H2,1-6H3/t23-/m0/s1. The molecule has 1 heterocycles. The van der Waals surface area contributed by atoms with Gasteiger partial charge in [0.1, 0.15) is 11.9 Å². The molecule has 0 saturated carbocycles. The van der Waals surface area contributed by atoms with E-state index in [0.29, 0.717) is 18.8 Å². The molecule has 1 aliphatic rings. The molecule has 1 atom stereocenters. The van der Waals surface area contributed by atoms with Gasteiger partial charge in [-0.1, -0.05) is 95.3 Å². The Bertz CT molecular complexity index is 874. The van der Waals surface area contributed by atoms with Crippen LogP contribution in [0.3, 0.4) is 0 Å². The molecule has 2 aromatic carbocycles. The summed E-state index contributed by atoms with van der Waals surface area (Å²) < 4.78 is 18.1. The average Bonchev–Trinajstić information content (AvgIpc) is 2.74. The average molecular weight is 439 g/mol. The smallest absolute Gasteiger partial charge is 0.334 e. The van der Waals surface area contributed by atoms with Crippen LogP contribution in [0.25, 0.3) is 0 Å². The molecule has 1 aliphatic heterocycles. The van der Waals surface area contributed by atoms with Crippen LogP contribution in [0.1, 0.15) is 41.0 Å². The van der Waals surface area contributed by atoms with Gasteiger partial charge in [0.15, 0.2) is 0 Å². The fourth-order valence-electron chi connectivity index (χ4n) is 4.32. The molecule has 3 rings (SSSR count). The number of carbonyl (C=O) groups excluding carboxylic acids is 1. The molecule has 0 radical (unpaired) electrons. The van der Waals surface area contributed by atoms with Gasteiger partial charge in [0.05, 0.1) is 13.2 Å². The van der Waals surface area contributed by atoms with Crippen molar-refractivity contribution in [1.82, 2.24) is 0 Å². The zero-order chi connectivity index (χ0) is 22.7. The van der Waals surface area contributed by atoms with Crippen LogP contribution in [0, 0.1) is 5.41 Å². The topological polar surface area (TPSA) is 44.8 Å². The van der Waals surface area contributed by atoms with Gasteiger partial charge in [-0.05, 0) is 15.4 Å². The van der Waals surface area contributed by atoms with Crippen molar-refractivity contribution in [2.75, 3.05) is 13.7 Å². The van der Waals surface area contributed by atoms with Gasteiger partial charge in [-0.25, -0.2) is 4.79 Å². The molecule has 5 heteroatoms. The van der Waals surface area contributed by atoms with Crippen LogP contribution in [0.5, 0.6) is 0 Å². The summed E-state index contributed by atoms with van der Waals surface area (Å²) in [6, 6.07) is 21.2. The molecule has 0 unspecified atom stereocenters. The van der Waals surface area contributed by atoms with Gasteiger partial charge in [0.25, 0.3) is 8.32 Å². The summed E-state index contributed by atoms with van der Waals surface area (Å²) >= 11 is 0. The first-order valence-electron chi connectivity index (χ1n) is 10.8. The van der Waals surface area contributed by atoms with Crippen molar-refractivity contribution in [3.8, 4) is 0 Å². The molecule has 0 fully saturated rings. The van der Waals surface area contributed by atoms with Crippen molar-refractivity contribution >= 4 is 24.7 Å². The molecule has 31 heavy (non-hydrogen) atoms. The van der Waals surface area contributed by atoms with E-state index < -0.39 is 8.32 Å². The van der Waals surface area contributed by atoms with Crippen molar-refractivity contribution in [1.29, 1.82) is 0 Å². The number of ether oxygens (including phenoxy) is 2. The molecular weight excluding hydrogens is 404 g/mol. The van der Waals surface area contributed by atoms with Crippen molar-refractivity contribution in [3.63, 3.8) is 0 Å². The van der Waals surface area contributed by atoms with E-state index in [-0.39, 0.29) is 22.5 Å². The van der Waals surface area contributed by atoms with Crippen LogP contribution >= 0.6 is 0 Å². The Labute approximate surface area is 187 Å². The minimum absolute atomic E-state index is 0.105. The predicted molar refractivity (Wildman–Crippen MR) is 127 cm³/mol. The van der Waals surface area contributed by atoms with E-state index in [1.165, 1.54) is 16.4 Å². The fourth-order valence-corrected chi connectivity index (χ4v) is 9.06. The molecule has 4 nitrogen and oxygen atoms in total. The highest BCUT2D eigenvalue weighted by molar-refractivity contribution is 6.99. The highest BCUT2D eigenvalue weighted by Crippen LogP contribution is 2.39. The number of carbonyl (C=O) groups is 1. The Hall–Kier alpha value is -2.37. The van der Waals surface area contributed by atoms with E-state index in [2.05, 4.69) is 83.1 Å². The van der Waals surface area contributed by atoms with E-state index >= 15 is 0 Å². The number of hydrogen-bond acceptors (Lipinski definition) is 4. The Balaban J connectivity index is 2.00.